The molecular formula is C19H17Cl3FN3. The molecule has 0 amide bonds. The van der Waals surface area contributed by atoms with Gasteiger partial charge >= 0.3 is 0 Å². The molecule has 0 fully saturated rings. The van der Waals surface area contributed by atoms with Crippen molar-refractivity contribution in [3.8, 4) is 6.07 Å². The van der Waals surface area contributed by atoms with Gasteiger partial charge in [0, 0.05) is 45.4 Å². The smallest absolute Gasteiger partial charge is 0.221 e. The summed E-state index contributed by atoms with van der Waals surface area (Å²) >= 11 is 18.0. The maximum Gasteiger partial charge on any atom is 0.221 e. The minimum atomic E-state index is -2.00. The van der Waals surface area contributed by atoms with Gasteiger partial charge < -0.3 is 5.73 Å². The first-order valence-electron chi connectivity index (χ1n) is 7.98. The maximum absolute atomic E-state index is 14.1. The second-order valence-electron chi connectivity index (χ2n) is 5.56. The van der Waals surface area contributed by atoms with E-state index in [0.29, 0.717) is 40.7 Å². The summed E-state index contributed by atoms with van der Waals surface area (Å²) in [5, 5.41) is 6.80. The number of alkyl halides is 2. The lowest BCUT2D eigenvalue weighted by Crippen LogP contribution is -2.15. The summed E-state index contributed by atoms with van der Waals surface area (Å²) in [6, 6.07) is 7.13. The van der Waals surface area contributed by atoms with Crippen molar-refractivity contribution in [2.24, 2.45) is 10.7 Å². The van der Waals surface area contributed by atoms with Gasteiger partial charge in [-0.1, -0.05) is 47.8 Å². The molecule has 0 spiro atoms. The van der Waals surface area contributed by atoms with Crippen molar-refractivity contribution >= 4 is 46.1 Å². The summed E-state index contributed by atoms with van der Waals surface area (Å²) in [4.78, 5) is 4.54. The van der Waals surface area contributed by atoms with Crippen LogP contribution in [0.1, 0.15) is 25.3 Å². The molecule has 1 aromatic carbocycles. The molecule has 2 N–H and O–H groups in total. The monoisotopic (exact) mass is 411 g/mol. The zero-order valence-corrected chi connectivity index (χ0v) is 16.3. The standard InChI is InChI=1S/C16H11Cl3FN.C3H6N2/c1-2-13-15(10-4-3-9(17)7-12(10)18)11-8-16(19,20)6-5-14(11)21-13;4-2-1-3-5/h3-8H,2H2,1H3;1-2,4H2. The van der Waals surface area contributed by atoms with E-state index < -0.39 is 5.13 Å². The number of allylic oxidation sites excluding steroid dienone is 6. The van der Waals surface area contributed by atoms with E-state index in [1.807, 2.05) is 19.1 Å². The van der Waals surface area contributed by atoms with Crippen LogP contribution in [0.25, 0.3) is 5.57 Å². The van der Waals surface area contributed by atoms with Gasteiger partial charge in [0.05, 0.1) is 11.8 Å². The second-order valence-corrected chi connectivity index (χ2v) is 6.98. The van der Waals surface area contributed by atoms with Crippen LogP contribution in [0, 0.1) is 11.3 Å². The van der Waals surface area contributed by atoms with E-state index in [1.54, 1.807) is 18.2 Å². The zero-order chi connectivity index (χ0) is 19.3. The lowest BCUT2D eigenvalue weighted by Gasteiger charge is -2.18. The summed E-state index contributed by atoms with van der Waals surface area (Å²) in [6.07, 6.45) is 5.45. The number of fused-ring (bicyclic) bond motifs is 1. The van der Waals surface area contributed by atoms with Crippen molar-refractivity contribution in [1.82, 2.24) is 0 Å². The molecule has 1 unspecified atom stereocenters. The van der Waals surface area contributed by atoms with Crippen LogP contribution in [0.4, 0.5) is 4.39 Å². The summed E-state index contributed by atoms with van der Waals surface area (Å²) in [5.41, 5.74) is 8.77. The first kappa shape index (κ1) is 20.7. The average molecular weight is 413 g/mol. The lowest BCUT2D eigenvalue weighted by atomic mass is 9.91. The van der Waals surface area contributed by atoms with Crippen LogP contribution < -0.4 is 5.73 Å². The molecule has 3 nitrogen and oxygen atoms in total. The molecule has 0 saturated heterocycles. The Morgan fingerprint density at radius 2 is 2.08 bits per heavy atom. The first-order valence-corrected chi connectivity index (χ1v) is 9.11. The number of hydrogen-bond acceptors (Lipinski definition) is 3. The fourth-order valence-electron chi connectivity index (χ4n) is 2.56. The number of halogens is 4. The summed E-state index contributed by atoms with van der Waals surface area (Å²) in [7, 11) is 0. The number of aliphatic imine (C=N–C) groups is 1. The Kier molecular flexibility index (Phi) is 7.02. The molecule has 136 valence electrons. The molecule has 7 heteroatoms. The molecule has 0 aromatic heterocycles. The Morgan fingerprint density at radius 3 is 2.62 bits per heavy atom. The van der Waals surface area contributed by atoms with Gasteiger partial charge in [-0.25, -0.2) is 4.39 Å². The van der Waals surface area contributed by atoms with Gasteiger partial charge in [0.25, 0.3) is 0 Å². The lowest BCUT2D eigenvalue weighted by molar-refractivity contribution is 0.415. The summed E-state index contributed by atoms with van der Waals surface area (Å²) < 4.78 is 14.1. The number of nitriles is 1. The Balaban J connectivity index is 0.000000431. The van der Waals surface area contributed by atoms with Crippen molar-refractivity contribution in [1.29, 1.82) is 5.26 Å². The van der Waals surface area contributed by atoms with Gasteiger partial charge in [0.15, 0.2) is 0 Å². The number of rotatable bonds is 3. The quantitative estimate of drug-likeness (QED) is 0.635. The van der Waals surface area contributed by atoms with Gasteiger partial charge in [-0.15, -0.1) is 0 Å². The van der Waals surface area contributed by atoms with Crippen molar-refractivity contribution < 1.29 is 4.39 Å². The molecule has 1 aliphatic carbocycles. The van der Waals surface area contributed by atoms with E-state index in [0.717, 1.165) is 16.8 Å². The largest absolute Gasteiger partial charge is 0.329 e. The molecule has 3 rings (SSSR count). The summed E-state index contributed by atoms with van der Waals surface area (Å²) in [6.45, 7) is 2.48. The minimum absolute atomic E-state index is 0.472. The molecule has 2 aliphatic rings. The fraction of sp³-hybridized carbons (Fsp3) is 0.263. The van der Waals surface area contributed by atoms with Crippen LogP contribution in [0.3, 0.4) is 0 Å². The molecule has 1 atom stereocenters. The predicted molar refractivity (Wildman–Crippen MR) is 107 cm³/mol. The molecule has 26 heavy (non-hydrogen) atoms. The van der Waals surface area contributed by atoms with E-state index in [2.05, 4.69) is 4.99 Å². The number of nitrogens with two attached hydrogens (primary N) is 1. The number of hydrogen-bond donors (Lipinski definition) is 1. The van der Waals surface area contributed by atoms with Crippen LogP contribution in [0.15, 0.2) is 52.7 Å². The Morgan fingerprint density at radius 1 is 1.35 bits per heavy atom. The third-order valence-electron chi connectivity index (χ3n) is 3.68. The van der Waals surface area contributed by atoms with Crippen LogP contribution >= 0.6 is 34.8 Å². The third-order valence-corrected chi connectivity index (χ3v) is 4.46. The van der Waals surface area contributed by atoms with Gasteiger partial charge in [-0.3, -0.25) is 4.99 Å². The van der Waals surface area contributed by atoms with Gasteiger partial charge in [-0.2, -0.15) is 5.26 Å². The van der Waals surface area contributed by atoms with Crippen molar-refractivity contribution in [2.45, 2.75) is 24.9 Å². The predicted octanol–water partition coefficient (Wildman–Crippen LogP) is 5.83. The maximum atomic E-state index is 14.1. The molecule has 1 aliphatic heterocycles. The first-order chi connectivity index (χ1) is 12.3. The Bertz CT molecular complexity index is 861. The highest BCUT2D eigenvalue weighted by Crippen LogP contribution is 2.43. The van der Waals surface area contributed by atoms with Crippen LogP contribution in [0.5, 0.6) is 0 Å². The molecule has 0 bridgehead atoms. The van der Waals surface area contributed by atoms with E-state index in [1.165, 1.54) is 12.2 Å². The SMILES string of the molecule is CCC1=C(c2ccc(Cl)cc2Cl)C2=CC(F)(Cl)C=CC2=N1.N#CCCN. The van der Waals surface area contributed by atoms with Gasteiger partial charge in [-0.05, 0) is 36.8 Å². The van der Waals surface area contributed by atoms with Crippen molar-refractivity contribution in [3.63, 3.8) is 0 Å². The molecule has 1 heterocycles. The highest BCUT2D eigenvalue weighted by atomic mass is 35.5. The normalized spacial score (nSPS) is 20.7. The molecule has 1 aromatic rings. The van der Waals surface area contributed by atoms with Gasteiger partial charge in [0.1, 0.15) is 0 Å². The minimum Gasteiger partial charge on any atom is -0.329 e. The molecule has 0 saturated carbocycles. The Labute approximate surface area is 167 Å². The van der Waals surface area contributed by atoms with Crippen LogP contribution in [0.2, 0.25) is 10.0 Å². The van der Waals surface area contributed by atoms with Crippen LogP contribution in [-0.4, -0.2) is 17.4 Å². The summed E-state index contributed by atoms with van der Waals surface area (Å²) in [5.74, 6) is 0. The zero-order valence-electron chi connectivity index (χ0n) is 14.1. The van der Waals surface area contributed by atoms with Crippen molar-refractivity contribution in [2.75, 3.05) is 6.54 Å². The highest BCUT2D eigenvalue weighted by Gasteiger charge is 2.32. The average Bonchev–Trinajstić information content (AvgIpc) is 2.93. The topological polar surface area (TPSA) is 62.2 Å². The molecule has 0 radical (unpaired) electrons. The molecular weight excluding hydrogens is 396 g/mol. The number of nitrogens with zero attached hydrogens (tertiary/aromatic N) is 2. The third kappa shape index (κ3) is 4.75. The van der Waals surface area contributed by atoms with E-state index in [4.69, 9.17) is 45.8 Å². The van der Waals surface area contributed by atoms with Crippen molar-refractivity contribution in [3.05, 3.63) is 63.3 Å². The second kappa shape index (κ2) is 8.83. The highest BCUT2D eigenvalue weighted by molar-refractivity contribution is 6.37. The van der Waals surface area contributed by atoms with Crippen LogP contribution in [-0.2, 0) is 0 Å². The fourth-order valence-corrected chi connectivity index (χ4v) is 3.24. The van der Waals surface area contributed by atoms with E-state index >= 15 is 0 Å². The van der Waals surface area contributed by atoms with E-state index in [-0.39, 0.29) is 0 Å². The Hall–Kier alpha value is -1.64. The van der Waals surface area contributed by atoms with Gasteiger partial charge in [0.2, 0.25) is 5.13 Å². The number of benzene rings is 1. The van der Waals surface area contributed by atoms with E-state index in [9.17, 15) is 4.39 Å².